The number of benzene rings is 7. The Morgan fingerprint density at radius 3 is 1.22 bits per heavy atom. The minimum atomic E-state index is 0.513. The predicted octanol–water partition coefficient (Wildman–Crippen LogP) is 11.8. The van der Waals surface area contributed by atoms with Crippen molar-refractivity contribution in [1.82, 2.24) is 34.9 Å². The molecule has 0 N–H and O–H groups in total. The molecule has 11 aromatic rings. The van der Waals surface area contributed by atoms with Gasteiger partial charge in [0.1, 0.15) is 11.0 Å². The van der Waals surface area contributed by atoms with Crippen LogP contribution in [0, 0.1) is 0 Å². The minimum Gasteiger partial charge on any atom is -0.436 e. The summed E-state index contributed by atoms with van der Waals surface area (Å²) >= 11 is 0. The third-order valence-electron chi connectivity index (χ3n) is 10.0. The monoisotopic (exact) mass is 747 g/mol. The second kappa shape index (κ2) is 13.8. The molecule has 4 heterocycles. The number of nitrogens with zero attached hydrogens (tertiary/aromatic N) is 7. The number of aromatic nitrogens is 7. The van der Waals surface area contributed by atoms with Gasteiger partial charge in [0.15, 0.2) is 34.5 Å². The van der Waals surface area contributed by atoms with Crippen molar-refractivity contribution in [3.63, 3.8) is 0 Å². The van der Waals surface area contributed by atoms with Crippen LogP contribution in [0.4, 0.5) is 0 Å². The van der Waals surface area contributed by atoms with Gasteiger partial charge in [-0.25, -0.2) is 34.9 Å². The van der Waals surface area contributed by atoms with E-state index < -0.39 is 0 Å². The highest BCUT2D eigenvalue weighted by Gasteiger charge is 2.18. The Morgan fingerprint density at radius 1 is 0.276 bits per heavy atom. The quantitative estimate of drug-likeness (QED) is 0.157. The number of para-hydroxylation sites is 4. The SMILES string of the molecule is c1ccc(-c2nc(-c3ccccc3)c3cc(-c4nc(-c5ccc(-c6nc7ccccc7o6)cc5)nc(-c5ccc(-c6nc7ccccc7o6)cc5)n4)ccc3n2)cc1. The van der Waals surface area contributed by atoms with Crippen molar-refractivity contribution in [2.24, 2.45) is 0 Å². The van der Waals surface area contributed by atoms with E-state index in [9.17, 15) is 0 Å². The van der Waals surface area contributed by atoms with Crippen LogP contribution in [-0.2, 0) is 0 Å². The van der Waals surface area contributed by atoms with Gasteiger partial charge >= 0.3 is 0 Å². The zero-order valence-corrected chi connectivity index (χ0v) is 30.7. The molecule has 0 unspecified atom stereocenters. The molecule has 9 nitrogen and oxygen atoms in total. The van der Waals surface area contributed by atoms with Gasteiger partial charge in [-0.1, -0.05) is 109 Å². The Hall–Kier alpha value is -8.17. The maximum Gasteiger partial charge on any atom is 0.227 e. The molecule has 58 heavy (non-hydrogen) atoms. The summed E-state index contributed by atoms with van der Waals surface area (Å²) in [5, 5.41) is 0.886. The van der Waals surface area contributed by atoms with Gasteiger partial charge in [-0.05, 0) is 66.7 Å². The van der Waals surface area contributed by atoms with Crippen LogP contribution in [0.3, 0.4) is 0 Å². The summed E-state index contributed by atoms with van der Waals surface area (Å²) in [5.74, 6) is 3.31. The van der Waals surface area contributed by atoms with E-state index in [1.807, 2.05) is 158 Å². The highest BCUT2D eigenvalue weighted by Crippen LogP contribution is 2.34. The molecule has 0 aliphatic heterocycles. The molecule has 9 heteroatoms. The second-order valence-corrected chi connectivity index (χ2v) is 13.8. The van der Waals surface area contributed by atoms with E-state index in [-0.39, 0.29) is 0 Å². The molecular formula is C49H29N7O2. The van der Waals surface area contributed by atoms with Crippen LogP contribution in [0.2, 0.25) is 0 Å². The molecule has 0 aliphatic rings. The molecule has 7 aromatic carbocycles. The molecule has 4 aromatic heterocycles. The van der Waals surface area contributed by atoms with Gasteiger partial charge < -0.3 is 8.83 Å². The van der Waals surface area contributed by atoms with Gasteiger partial charge in [0.05, 0.1) is 11.2 Å². The standard InChI is InChI=1S/C49H29N7O2/c1-3-11-30(12-4-1)43-37-29-36(27-28-38(37)50-44(53-43)31-13-5-2-6-14-31)47-55-45(32-19-23-34(24-20-32)48-51-39-15-7-9-17-41(39)57-48)54-46(56-47)33-21-25-35(26-22-33)49-52-40-16-8-10-18-42(40)58-49/h1-29H. The van der Waals surface area contributed by atoms with E-state index in [0.29, 0.717) is 35.1 Å². The third kappa shape index (κ3) is 6.13. The lowest BCUT2D eigenvalue weighted by atomic mass is 10.0. The van der Waals surface area contributed by atoms with Crippen LogP contribution in [-0.4, -0.2) is 34.9 Å². The van der Waals surface area contributed by atoms with Crippen molar-refractivity contribution in [3.8, 4) is 79.7 Å². The summed E-state index contributed by atoms with van der Waals surface area (Å²) in [6, 6.07) is 57.6. The van der Waals surface area contributed by atoms with Gasteiger partial charge in [0, 0.05) is 44.3 Å². The number of fused-ring (bicyclic) bond motifs is 3. The Labute approximate surface area is 331 Å². The summed E-state index contributed by atoms with van der Waals surface area (Å²) < 4.78 is 12.1. The Morgan fingerprint density at radius 2 is 0.690 bits per heavy atom. The van der Waals surface area contributed by atoms with Gasteiger partial charge in [-0.2, -0.15) is 0 Å². The van der Waals surface area contributed by atoms with Gasteiger partial charge in [-0.15, -0.1) is 0 Å². The lowest BCUT2D eigenvalue weighted by molar-refractivity contribution is 0.619. The number of hydrogen-bond donors (Lipinski definition) is 0. The molecule has 0 spiro atoms. The average Bonchev–Trinajstić information content (AvgIpc) is 3.94. The molecule has 0 saturated heterocycles. The molecule has 0 amide bonds. The van der Waals surface area contributed by atoms with Crippen molar-refractivity contribution in [2.75, 3.05) is 0 Å². The smallest absolute Gasteiger partial charge is 0.227 e. The lowest BCUT2D eigenvalue weighted by Crippen LogP contribution is -2.01. The fourth-order valence-electron chi connectivity index (χ4n) is 7.08. The van der Waals surface area contributed by atoms with E-state index in [0.717, 1.165) is 77.7 Å². The van der Waals surface area contributed by atoms with Gasteiger partial charge in [0.2, 0.25) is 11.8 Å². The van der Waals surface area contributed by atoms with Crippen LogP contribution in [0.15, 0.2) is 185 Å². The molecular weight excluding hydrogens is 719 g/mol. The first kappa shape index (κ1) is 33.2. The van der Waals surface area contributed by atoms with Crippen LogP contribution >= 0.6 is 0 Å². The summed E-state index contributed by atoms with van der Waals surface area (Å²) in [4.78, 5) is 34.6. The van der Waals surface area contributed by atoms with E-state index >= 15 is 0 Å². The molecule has 0 bridgehead atoms. The van der Waals surface area contributed by atoms with Gasteiger partial charge in [0.25, 0.3) is 0 Å². The van der Waals surface area contributed by atoms with Crippen molar-refractivity contribution in [1.29, 1.82) is 0 Å². The number of oxazole rings is 2. The topological polar surface area (TPSA) is 117 Å². The first-order valence-corrected chi connectivity index (χ1v) is 18.8. The zero-order valence-electron chi connectivity index (χ0n) is 30.7. The van der Waals surface area contributed by atoms with Crippen molar-refractivity contribution in [3.05, 3.63) is 176 Å². The second-order valence-electron chi connectivity index (χ2n) is 13.8. The molecule has 0 aliphatic carbocycles. The van der Waals surface area contributed by atoms with E-state index in [2.05, 4.69) is 28.2 Å². The summed E-state index contributed by atoms with van der Waals surface area (Å²) in [6.07, 6.45) is 0. The largest absolute Gasteiger partial charge is 0.436 e. The molecule has 0 fully saturated rings. The van der Waals surface area contributed by atoms with E-state index in [1.165, 1.54) is 0 Å². The zero-order chi connectivity index (χ0) is 38.4. The Bertz CT molecular complexity index is 3070. The molecule has 272 valence electrons. The first-order chi connectivity index (χ1) is 28.7. The normalized spacial score (nSPS) is 11.4. The average molecular weight is 748 g/mol. The molecule has 0 radical (unpaired) electrons. The highest BCUT2D eigenvalue weighted by atomic mass is 16.4. The fraction of sp³-hybridized carbons (Fsp3) is 0. The minimum absolute atomic E-state index is 0.513. The predicted molar refractivity (Wildman–Crippen MR) is 226 cm³/mol. The maximum atomic E-state index is 6.05. The Balaban J connectivity index is 1.04. The number of rotatable bonds is 7. The highest BCUT2D eigenvalue weighted by molar-refractivity contribution is 5.96. The lowest BCUT2D eigenvalue weighted by Gasteiger charge is -2.12. The summed E-state index contributed by atoms with van der Waals surface area (Å²) in [6.45, 7) is 0. The maximum absolute atomic E-state index is 6.05. The third-order valence-corrected chi connectivity index (χ3v) is 10.0. The van der Waals surface area contributed by atoms with Crippen LogP contribution in [0.1, 0.15) is 0 Å². The summed E-state index contributed by atoms with van der Waals surface area (Å²) in [5.41, 5.74) is 10.8. The molecule has 0 saturated carbocycles. The van der Waals surface area contributed by atoms with Crippen molar-refractivity contribution < 1.29 is 8.83 Å². The first-order valence-electron chi connectivity index (χ1n) is 18.8. The molecule has 0 atom stereocenters. The van der Waals surface area contributed by atoms with E-state index in [1.54, 1.807) is 0 Å². The van der Waals surface area contributed by atoms with Crippen molar-refractivity contribution in [2.45, 2.75) is 0 Å². The molecule has 11 rings (SSSR count). The van der Waals surface area contributed by atoms with Crippen LogP contribution < -0.4 is 0 Å². The fourth-order valence-corrected chi connectivity index (χ4v) is 7.08. The van der Waals surface area contributed by atoms with E-state index in [4.69, 9.17) is 33.8 Å². The van der Waals surface area contributed by atoms with Crippen LogP contribution in [0.5, 0.6) is 0 Å². The Kier molecular flexibility index (Phi) is 7.92. The van der Waals surface area contributed by atoms with Crippen LogP contribution in [0.25, 0.3) is 113 Å². The van der Waals surface area contributed by atoms with Crippen molar-refractivity contribution >= 4 is 33.1 Å². The summed E-state index contributed by atoms with van der Waals surface area (Å²) in [7, 11) is 0. The number of hydrogen-bond acceptors (Lipinski definition) is 9. The van der Waals surface area contributed by atoms with Gasteiger partial charge in [-0.3, -0.25) is 0 Å².